The summed E-state index contributed by atoms with van der Waals surface area (Å²) in [5, 5.41) is 0. The number of amides is 1. The smallest absolute Gasteiger partial charge is 0.366 e. The van der Waals surface area contributed by atoms with E-state index in [4.69, 9.17) is 5.73 Å². The fourth-order valence-electron chi connectivity index (χ4n) is 1.68. The van der Waals surface area contributed by atoms with Gasteiger partial charge in [0.05, 0.1) is 11.3 Å². The van der Waals surface area contributed by atoms with Crippen molar-refractivity contribution in [1.29, 1.82) is 0 Å². The van der Waals surface area contributed by atoms with Crippen LogP contribution in [-0.4, -0.2) is 17.1 Å². The molecule has 2 N–H and O–H groups in total. The minimum Gasteiger partial charge on any atom is -0.366 e. The zero-order valence-corrected chi connectivity index (χ0v) is 9.56. The summed E-state index contributed by atoms with van der Waals surface area (Å²) in [5.74, 6) is -0.616. The highest BCUT2D eigenvalue weighted by Gasteiger charge is 2.27. The van der Waals surface area contributed by atoms with Crippen LogP contribution >= 0.6 is 0 Å². The predicted molar refractivity (Wildman–Crippen MR) is 56.6 cm³/mol. The lowest BCUT2D eigenvalue weighted by Crippen LogP contribution is -2.17. The van der Waals surface area contributed by atoms with Crippen molar-refractivity contribution in [2.75, 3.05) is 0 Å². The van der Waals surface area contributed by atoms with Crippen molar-refractivity contribution >= 4 is 5.91 Å². The van der Waals surface area contributed by atoms with Gasteiger partial charge in [0.25, 0.3) is 5.91 Å². The van der Waals surface area contributed by atoms with Gasteiger partial charge in [0, 0.05) is 12.1 Å². The van der Waals surface area contributed by atoms with Gasteiger partial charge in [-0.2, -0.15) is 13.2 Å². The largest absolute Gasteiger partial charge is 0.389 e. The number of nitrogens with zero attached hydrogens (tertiary/aromatic N) is 1. The Morgan fingerprint density at radius 1 is 1.41 bits per heavy atom. The molecule has 0 radical (unpaired) electrons. The molecule has 0 spiro atoms. The molecule has 0 saturated heterocycles. The second-order valence-electron chi connectivity index (χ2n) is 3.87. The van der Waals surface area contributed by atoms with Gasteiger partial charge in [-0.05, 0) is 31.9 Å². The first-order chi connectivity index (χ1) is 7.70. The van der Waals surface area contributed by atoms with Crippen molar-refractivity contribution in [2.45, 2.75) is 32.9 Å². The second-order valence-corrected chi connectivity index (χ2v) is 3.87. The number of halogens is 3. The van der Waals surface area contributed by atoms with Gasteiger partial charge in [0.2, 0.25) is 0 Å². The van der Waals surface area contributed by atoms with Crippen LogP contribution in [0.2, 0.25) is 0 Å². The molecule has 1 aromatic heterocycles. The van der Waals surface area contributed by atoms with Gasteiger partial charge in [-0.1, -0.05) is 0 Å². The molecular formula is C11H13F3N2O. The van der Waals surface area contributed by atoms with Crippen LogP contribution in [0.5, 0.6) is 0 Å². The number of alkyl halides is 3. The molecule has 0 bridgehead atoms. The van der Waals surface area contributed by atoms with Crippen molar-refractivity contribution in [1.82, 2.24) is 4.98 Å². The zero-order chi connectivity index (χ0) is 13.2. The van der Waals surface area contributed by atoms with E-state index in [0.29, 0.717) is 17.0 Å². The standard InChI is InChI=1S/C11H13F3N2O/c1-6-5-8(3-4-11(12,13)14)16-7(2)9(6)10(15)17/h5H,3-4H2,1-2H3,(H2,15,17). The molecule has 94 valence electrons. The number of primary amides is 1. The topological polar surface area (TPSA) is 56.0 Å². The third kappa shape index (κ3) is 3.72. The Hall–Kier alpha value is -1.59. The fourth-order valence-corrected chi connectivity index (χ4v) is 1.68. The van der Waals surface area contributed by atoms with E-state index in [0.717, 1.165) is 0 Å². The minimum atomic E-state index is -4.20. The maximum absolute atomic E-state index is 12.0. The summed E-state index contributed by atoms with van der Waals surface area (Å²) in [4.78, 5) is 15.0. The molecule has 0 unspecified atom stereocenters. The van der Waals surface area contributed by atoms with E-state index in [9.17, 15) is 18.0 Å². The molecule has 0 atom stereocenters. The summed E-state index contributed by atoms with van der Waals surface area (Å²) >= 11 is 0. The number of aryl methyl sites for hydroxylation is 3. The molecule has 17 heavy (non-hydrogen) atoms. The monoisotopic (exact) mass is 246 g/mol. The number of rotatable bonds is 3. The molecule has 3 nitrogen and oxygen atoms in total. The number of nitrogens with two attached hydrogens (primary N) is 1. The maximum Gasteiger partial charge on any atom is 0.389 e. The molecule has 0 aromatic carbocycles. The van der Waals surface area contributed by atoms with Crippen LogP contribution in [0.1, 0.15) is 33.7 Å². The van der Waals surface area contributed by atoms with Crippen LogP contribution in [0.4, 0.5) is 13.2 Å². The third-order valence-electron chi connectivity index (χ3n) is 2.36. The van der Waals surface area contributed by atoms with E-state index < -0.39 is 18.5 Å². The average molecular weight is 246 g/mol. The van der Waals surface area contributed by atoms with Gasteiger partial charge in [0.1, 0.15) is 0 Å². The summed E-state index contributed by atoms with van der Waals surface area (Å²) in [6.45, 7) is 3.19. The highest BCUT2D eigenvalue weighted by atomic mass is 19.4. The molecule has 1 rings (SSSR count). The summed E-state index contributed by atoms with van der Waals surface area (Å²) in [6, 6.07) is 1.47. The van der Waals surface area contributed by atoms with E-state index in [1.165, 1.54) is 6.07 Å². The number of carbonyl (C=O) groups is 1. The van der Waals surface area contributed by atoms with Crippen LogP contribution in [0.3, 0.4) is 0 Å². The number of carbonyl (C=O) groups excluding carboxylic acids is 1. The van der Waals surface area contributed by atoms with E-state index >= 15 is 0 Å². The van der Waals surface area contributed by atoms with E-state index in [-0.39, 0.29) is 12.0 Å². The highest BCUT2D eigenvalue weighted by molar-refractivity contribution is 5.95. The Balaban J connectivity index is 2.95. The summed E-state index contributed by atoms with van der Waals surface area (Å²) in [7, 11) is 0. The second kappa shape index (κ2) is 4.73. The molecule has 0 aliphatic rings. The first-order valence-corrected chi connectivity index (χ1v) is 5.04. The fraction of sp³-hybridized carbons (Fsp3) is 0.455. The molecule has 1 heterocycles. The number of pyridine rings is 1. The molecule has 0 aliphatic heterocycles. The lowest BCUT2D eigenvalue weighted by atomic mass is 10.0. The van der Waals surface area contributed by atoms with Crippen LogP contribution in [0.25, 0.3) is 0 Å². The van der Waals surface area contributed by atoms with Crippen molar-refractivity contribution in [2.24, 2.45) is 5.73 Å². The third-order valence-corrected chi connectivity index (χ3v) is 2.36. The van der Waals surface area contributed by atoms with Gasteiger partial charge in [-0.3, -0.25) is 9.78 Å². The van der Waals surface area contributed by atoms with E-state index in [1.807, 2.05) is 0 Å². The molecule has 6 heteroatoms. The number of hydrogen-bond acceptors (Lipinski definition) is 2. The first-order valence-electron chi connectivity index (χ1n) is 5.04. The normalized spacial score (nSPS) is 11.6. The summed E-state index contributed by atoms with van der Waals surface area (Å²) < 4.78 is 36.1. The van der Waals surface area contributed by atoms with Crippen molar-refractivity contribution in [3.05, 3.63) is 28.6 Å². The van der Waals surface area contributed by atoms with Crippen LogP contribution in [0.15, 0.2) is 6.07 Å². The molecular weight excluding hydrogens is 233 g/mol. The highest BCUT2D eigenvalue weighted by Crippen LogP contribution is 2.22. The van der Waals surface area contributed by atoms with Crippen molar-refractivity contribution < 1.29 is 18.0 Å². The maximum atomic E-state index is 12.0. The Morgan fingerprint density at radius 2 is 2.00 bits per heavy atom. The van der Waals surface area contributed by atoms with Gasteiger partial charge in [-0.15, -0.1) is 0 Å². The number of hydrogen-bond donors (Lipinski definition) is 1. The van der Waals surface area contributed by atoms with E-state index in [1.54, 1.807) is 13.8 Å². The van der Waals surface area contributed by atoms with Crippen LogP contribution in [0, 0.1) is 13.8 Å². The van der Waals surface area contributed by atoms with Gasteiger partial charge in [0.15, 0.2) is 0 Å². The molecule has 1 amide bonds. The van der Waals surface area contributed by atoms with Gasteiger partial charge in [-0.25, -0.2) is 0 Å². The van der Waals surface area contributed by atoms with Gasteiger partial charge < -0.3 is 5.73 Å². The Morgan fingerprint density at radius 3 is 2.41 bits per heavy atom. The van der Waals surface area contributed by atoms with Gasteiger partial charge >= 0.3 is 6.18 Å². The number of aromatic nitrogens is 1. The predicted octanol–water partition coefficient (Wildman–Crippen LogP) is 2.29. The lowest BCUT2D eigenvalue weighted by molar-refractivity contribution is -0.134. The molecule has 1 aromatic rings. The van der Waals surface area contributed by atoms with Crippen LogP contribution < -0.4 is 5.73 Å². The SMILES string of the molecule is Cc1cc(CCC(F)(F)F)nc(C)c1C(N)=O. The molecule has 0 aliphatic carbocycles. The van der Waals surface area contributed by atoms with E-state index in [2.05, 4.69) is 4.98 Å². The quantitative estimate of drug-likeness (QED) is 0.889. The van der Waals surface area contributed by atoms with Crippen molar-refractivity contribution in [3.63, 3.8) is 0 Å². The zero-order valence-electron chi connectivity index (χ0n) is 9.56. The lowest BCUT2D eigenvalue weighted by Gasteiger charge is -2.10. The molecule has 0 saturated carbocycles. The minimum absolute atomic E-state index is 0.190. The Labute approximate surface area is 96.8 Å². The Bertz CT molecular complexity index is 418. The Kier molecular flexibility index (Phi) is 3.75. The molecule has 0 fully saturated rings. The van der Waals surface area contributed by atoms with Crippen molar-refractivity contribution in [3.8, 4) is 0 Å². The van der Waals surface area contributed by atoms with Crippen LogP contribution in [-0.2, 0) is 6.42 Å². The summed E-state index contributed by atoms with van der Waals surface area (Å²) in [5.41, 5.74) is 6.68. The summed E-state index contributed by atoms with van der Waals surface area (Å²) in [6.07, 6.45) is -5.31. The first kappa shape index (κ1) is 13.5. The average Bonchev–Trinajstić information content (AvgIpc) is 2.11.